The maximum Gasteiger partial charge on any atom is 0.155 e. The summed E-state index contributed by atoms with van der Waals surface area (Å²) in [5, 5.41) is 9.96. The van der Waals surface area contributed by atoms with Crippen LogP contribution in [0.25, 0.3) is 5.65 Å². The molecule has 0 atom stereocenters. The number of rotatable bonds is 1. The lowest BCUT2D eigenvalue weighted by Crippen LogP contribution is -1.92. The molecule has 68 valence electrons. The first kappa shape index (κ1) is 8.81. The van der Waals surface area contributed by atoms with Crippen molar-refractivity contribution in [2.24, 2.45) is 0 Å². The van der Waals surface area contributed by atoms with Crippen molar-refractivity contribution in [2.75, 3.05) is 0 Å². The van der Waals surface area contributed by atoms with E-state index in [4.69, 9.17) is 28.3 Å². The van der Waals surface area contributed by atoms with Crippen LogP contribution in [-0.2, 0) is 6.61 Å². The smallest absolute Gasteiger partial charge is 0.155 e. The average molecular weight is 217 g/mol. The van der Waals surface area contributed by atoms with E-state index in [0.29, 0.717) is 21.4 Å². The van der Waals surface area contributed by atoms with Crippen molar-refractivity contribution in [3.05, 3.63) is 34.2 Å². The second-order valence-corrected chi connectivity index (χ2v) is 3.45. The van der Waals surface area contributed by atoms with Crippen molar-refractivity contribution in [1.82, 2.24) is 9.38 Å². The minimum Gasteiger partial charge on any atom is -0.390 e. The van der Waals surface area contributed by atoms with Gasteiger partial charge in [0, 0.05) is 6.20 Å². The van der Waals surface area contributed by atoms with E-state index < -0.39 is 0 Å². The van der Waals surface area contributed by atoms with Crippen LogP contribution in [-0.4, -0.2) is 14.5 Å². The summed E-state index contributed by atoms with van der Waals surface area (Å²) in [6.07, 6.45) is 3.23. The van der Waals surface area contributed by atoms with Crippen LogP contribution < -0.4 is 0 Å². The molecule has 2 heterocycles. The molecule has 5 heteroatoms. The monoisotopic (exact) mass is 216 g/mol. The molecule has 0 unspecified atom stereocenters. The van der Waals surface area contributed by atoms with Gasteiger partial charge in [0.05, 0.1) is 28.5 Å². The Hall–Kier alpha value is -0.770. The van der Waals surface area contributed by atoms with Gasteiger partial charge in [0.1, 0.15) is 0 Å². The third kappa shape index (κ3) is 1.39. The highest BCUT2D eigenvalue weighted by atomic mass is 35.5. The lowest BCUT2D eigenvalue weighted by atomic mass is 10.4. The molecule has 2 aromatic heterocycles. The average Bonchev–Trinajstić information content (AvgIpc) is 2.47. The molecule has 0 amide bonds. The molecular weight excluding hydrogens is 211 g/mol. The predicted octanol–water partition coefficient (Wildman–Crippen LogP) is 2.13. The van der Waals surface area contributed by atoms with Crippen molar-refractivity contribution >= 4 is 28.8 Å². The number of fused-ring (bicyclic) bond motifs is 1. The first-order valence-corrected chi connectivity index (χ1v) is 4.40. The van der Waals surface area contributed by atoms with Gasteiger partial charge in [-0.3, -0.25) is 4.40 Å². The van der Waals surface area contributed by atoms with Crippen LogP contribution in [0.2, 0.25) is 10.0 Å². The quantitative estimate of drug-likeness (QED) is 0.794. The lowest BCUT2D eigenvalue weighted by molar-refractivity contribution is 0.276. The van der Waals surface area contributed by atoms with Crippen LogP contribution in [0.1, 0.15) is 5.69 Å². The summed E-state index contributed by atoms with van der Waals surface area (Å²) in [5.41, 5.74) is 1.27. The lowest BCUT2D eigenvalue weighted by Gasteiger charge is -2.00. The fraction of sp³-hybridized carbons (Fsp3) is 0.125. The van der Waals surface area contributed by atoms with Gasteiger partial charge in [0.25, 0.3) is 0 Å². The Bertz CT molecular complexity index is 453. The highest BCUT2D eigenvalue weighted by Gasteiger charge is 2.06. The van der Waals surface area contributed by atoms with E-state index in [2.05, 4.69) is 4.98 Å². The van der Waals surface area contributed by atoms with Gasteiger partial charge in [0.2, 0.25) is 0 Å². The van der Waals surface area contributed by atoms with Crippen LogP contribution in [0.4, 0.5) is 0 Å². The number of aromatic nitrogens is 2. The zero-order valence-corrected chi connectivity index (χ0v) is 8.05. The maximum atomic E-state index is 8.96. The summed E-state index contributed by atoms with van der Waals surface area (Å²) in [7, 11) is 0. The summed E-state index contributed by atoms with van der Waals surface area (Å²) >= 11 is 11.7. The summed E-state index contributed by atoms with van der Waals surface area (Å²) in [6.45, 7) is -0.0855. The van der Waals surface area contributed by atoms with Crippen LogP contribution in [0, 0.1) is 0 Å². The predicted molar refractivity (Wildman–Crippen MR) is 51.1 cm³/mol. The number of imidazole rings is 1. The Kier molecular flexibility index (Phi) is 2.15. The third-order valence-electron chi connectivity index (χ3n) is 1.77. The van der Waals surface area contributed by atoms with Gasteiger partial charge in [-0.05, 0) is 6.07 Å². The Balaban J connectivity index is 2.82. The van der Waals surface area contributed by atoms with Gasteiger partial charge < -0.3 is 5.11 Å². The summed E-state index contributed by atoms with van der Waals surface area (Å²) < 4.78 is 1.67. The number of pyridine rings is 1. The molecule has 0 fully saturated rings. The molecule has 2 rings (SSSR count). The molecule has 0 saturated heterocycles. The molecule has 0 spiro atoms. The van der Waals surface area contributed by atoms with Crippen molar-refractivity contribution in [2.45, 2.75) is 6.61 Å². The standard InChI is InChI=1S/C8H6Cl2N2O/c9-5-1-7(10)8-11-2-6(4-13)12(8)3-5/h1-3,13H,4H2. The summed E-state index contributed by atoms with van der Waals surface area (Å²) in [5.74, 6) is 0. The fourth-order valence-corrected chi connectivity index (χ4v) is 1.70. The first-order chi connectivity index (χ1) is 6.22. The van der Waals surface area contributed by atoms with Crippen molar-refractivity contribution < 1.29 is 5.11 Å². The Morgan fingerprint density at radius 3 is 2.92 bits per heavy atom. The second kappa shape index (κ2) is 3.18. The van der Waals surface area contributed by atoms with Gasteiger partial charge in [-0.25, -0.2) is 4.98 Å². The largest absolute Gasteiger partial charge is 0.390 e. The fourth-order valence-electron chi connectivity index (χ4n) is 1.18. The highest BCUT2D eigenvalue weighted by Crippen LogP contribution is 2.22. The van der Waals surface area contributed by atoms with Crippen LogP contribution in [0.5, 0.6) is 0 Å². The van der Waals surface area contributed by atoms with E-state index in [9.17, 15) is 0 Å². The van der Waals surface area contributed by atoms with Gasteiger partial charge >= 0.3 is 0 Å². The topological polar surface area (TPSA) is 37.5 Å². The van der Waals surface area contributed by atoms with E-state index in [0.717, 1.165) is 0 Å². The van der Waals surface area contributed by atoms with Crippen molar-refractivity contribution in [1.29, 1.82) is 0 Å². The Labute approximate surface area is 84.5 Å². The summed E-state index contributed by atoms with van der Waals surface area (Å²) in [4.78, 5) is 4.04. The van der Waals surface area contributed by atoms with Gasteiger partial charge in [-0.15, -0.1) is 0 Å². The minimum absolute atomic E-state index is 0.0855. The third-order valence-corrected chi connectivity index (χ3v) is 2.25. The van der Waals surface area contributed by atoms with Gasteiger partial charge in [-0.2, -0.15) is 0 Å². The van der Waals surface area contributed by atoms with Crippen molar-refractivity contribution in [3.63, 3.8) is 0 Å². The van der Waals surface area contributed by atoms with Gasteiger partial charge in [0.15, 0.2) is 5.65 Å². The Morgan fingerprint density at radius 2 is 2.23 bits per heavy atom. The molecular formula is C8H6Cl2N2O. The van der Waals surface area contributed by atoms with E-state index in [1.165, 1.54) is 0 Å². The zero-order chi connectivity index (χ0) is 9.42. The van der Waals surface area contributed by atoms with Gasteiger partial charge in [-0.1, -0.05) is 23.2 Å². The number of nitrogens with zero attached hydrogens (tertiary/aromatic N) is 2. The van der Waals surface area contributed by atoms with E-state index in [-0.39, 0.29) is 6.61 Å². The molecule has 0 aliphatic carbocycles. The molecule has 0 saturated carbocycles. The number of hydrogen-bond acceptors (Lipinski definition) is 2. The van der Waals surface area contributed by atoms with Crippen LogP contribution in [0.3, 0.4) is 0 Å². The van der Waals surface area contributed by atoms with Crippen molar-refractivity contribution in [3.8, 4) is 0 Å². The first-order valence-electron chi connectivity index (χ1n) is 3.64. The zero-order valence-electron chi connectivity index (χ0n) is 6.54. The number of halogens is 2. The number of aliphatic hydroxyl groups excluding tert-OH is 1. The molecule has 13 heavy (non-hydrogen) atoms. The van der Waals surface area contributed by atoms with E-state index >= 15 is 0 Å². The second-order valence-electron chi connectivity index (χ2n) is 2.61. The molecule has 0 bridgehead atoms. The molecule has 3 nitrogen and oxygen atoms in total. The molecule has 0 aliphatic rings. The molecule has 1 N–H and O–H groups in total. The SMILES string of the molecule is OCc1cnc2c(Cl)cc(Cl)cn12. The minimum atomic E-state index is -0.0855. The highest BCUT2D eigenvalue weighted by molar-refractivity contribution is 6.36. The maximum absolute atomic E-state index is 8.96. The summed E-state index contributed by atoms with van der Waals surface area (Å²) in [6, 6.07) is 1.62. The molecule has 0 aromatic carbocycles. The molecule has 0 aliphatic heterocycles. The Morgan fingerprint density at radius 1 is 1.46 bits per heavy atom. The number of aliphatic hydroxyl groups is 1. The van der Waals surface area contributed by atoms with E-state index in [1.54, 1.807) is 22.9 Å². The van der Waals surface area contributed by atoms with Crippen LogP contribution in [0.15, 0.2) is 18.5 Å². The molecule has 2 aromatic rings. The van der Waals surface area contributed by atoms with Crippen LogP contribution >= 0.6 is 23.2 Å². The normalized spacial score (nSPS) is 11.0. The number of hydrogen-bond donors (Lipinski definition) is 1. The molecule has 0 radical (unpaired) electrons. The van der Waals surface area contributed by atoms with E-state index in [1.807, 2.05) is 0 Å².